The molecule has 6 nitrogen and oxygen atoms in total. The fraction of sp³-hybridized carbons (Fsp3) is 0.533. The van der Waals surface area contributed by atoms with Gasteiger partial charge in [0.1, 0.15) is 0 Å². The highest BCUT2D eigenvalue weighted by Gasteiger charge is 2.24. The molecule has 2 aliphatic rings. The molecule has 2 amide bonds. The highest BCUT2D eigenvalue weighted by atomic mass is 16.5. The maximum Gasteiger partial charge on any atom is 0.253 e. The number of hydrogen-bond donors (Lipinski definition) is 2. The molecule has 1 aromatic rings. The average Bonchev–Trinajstić information content (AvgIpc) is 3.16. The Kier molecular flexibility index (Phi) is 4.15. The minimum atomic E-state index is -0.223. The van der Waals surface area contributed by atoms with Gasteiger partial charge in [-0.1, -0.05) is 0 Å². The van der Waals surface area contributed by atoms with Crippen LogP contribution < -0.4 is 10.6 Å². The van der Waals surface area contributed by atoms with Crippen molar-refractivity contribution < 1.29 is 14.3 Å². The summed E-state index contributed by atoms with van der Waals surface area (Å²) in [6.45, 7) is 1.26. The molecule has 0 bridgehead atoms. The van der Waals surface area contributed by atoms with Crippen LogP contribution in [0.2, 0.25) is 0 Å². The van der Waals surface area contributed by atoms with Gasteiger partial charge < -0.3 is 15.4 Å². The normalized spacial score (nSPS) is 21.0. The number of carbonyl (C=O) groups is 2. The van der Waals surface area contributed by atoms with E-state index in [1.165, 1.54) is 12.4 Å². The Morgan fingerprint density at radius 3 is 2.62 bits per heavy atom. The number of ether oxygens (including phenoxy) is 1. The Morgan fingerprint density at radius 2 is 1.95 bits per heavy atom. The topological polar surface area (TPSA) is 80.3 Å². The number of hydrogen-bond acceptors (Lipinski definition) is 4. The largest absolute Gasteiger partial charge is 0.376 e. The van der Waals surface area contributed by atoms with Crippen LogP contribution in [-0.4, -0.2) is 42.1 Å². The maximum atomic E-state index is 12.1. The van der Waals surface area contributed by atoms with Crippen molar-refractivity contribution in [2.45, 2.75) is 37.8 Å². The fourth-order valence-electron chi connectivity index (χ4n) is 2.30. The molecule has 2 heterocycles. The lowest BCUT2D eigenvalue weighted by atomic mass is 10.1. The molecule has 6 heteroatoms. The summed E-state index contributed by atoms with van der Waals surface area (Å²) in [5.41, 5.74) is 0.822. The van der Waals surface area contributed by atoms with Crippen LogP contribution in [0.3, 0.4) is 0 Å². The Morgan fingerprint density at radius 1 is 1.19 bits per heavy atom. The Labute approximate surface area is 123 Å². The molecule has 0 radical (unpaired) electrons. The number of nitrogens with zero attached hydrogens (tertiary/aromatic N) is 1. The van der Waals surface area contributed by atoms with E-state index in [1.807, 2.05) is 0 Å². The van der Waals surface area contributed by atoms with Gasteiger partial charge in [0.15, 0.2) is 0 Å². The van der Waals surface area contributed by atoms with E-state index in [-0.39, 0.29) is 24.0 Å². The van der Waals surface area contributed by atoms with Crippen molar-refractivity contribution in [1.29, 1.82) is 0 Å². The Balaban J connectivity index is 1.58. The van der Waals surface area contributed by atoms with Gasteiger partial charge in [0.25, 0.3) is 11.8 Å². The zero-order chi connectivity index (χ0) is 14.7. The quantitative estimate of drug-likeness (QED) is 0.843. The summed E-state index contributed by atoms with van der Waals surface area (Å²) in [6.07, 6.45) is 7.12. The summed E-state index contributed by atoms with van der Waals surface area (Å²) in [4.78, 5) is 28.0. The molecular formula is C15H19N3O3. The van der Waals surface area contributed by atoms with Gasteiger partial charge in [-0.25, -0.2) is 0 Å². The predicted molar refractivity (Wildman–Crippen MR) is 76.0 cm³/mol. The summed E-state index contributed by atoms with van der Waals surface area (Å²) in [6, 6.07) is 1.87. The zero-order valence-electron chi connectivity index (χ0n) is 11.8. The van der Waals surface area contributed by atoms with Gasteiger partial charge >= 0.3 is 0 Å². The molecule has 112 valence electrons. The molecule has 1 unspecified atom stereocenters. The maximum absolute atomic E-state index is 12.1. The molecule has 2 N–H and O–H groups in total. The van der Waals surface area contributed by atoms with Crippen molar-refractivity contribution in [1.82, 2.24) is 15.6 Å². The van der Waals surface area contributed by atoms with Crippen LogP contribution in [0.25, 0.3) is 0 Å². The second-order valence-corrected chi connectivity index (χ2v) is 5.56. The fourth-order valence-corrected chi connectivity index (χ4v) is 2.30. The predicted octanol–water partition coefficient (Wildman–Crippen LogP) is 0.883. The van der Waals surface area contributed by atoms with Crippen LogP contribution in [-0.2, 0) is 4.74 Å². The van der Waals surface area contributed by atoms with E-state index in [0.29, 0.717) is 17.7 Å². The zero-order valence-corrected chi connectivity index (χ0v) is 11.8. The Hall–Kier alpha value is -1.95. The molecule has 1 atom stereocenters. The highest BCUT2D eigenvalue weighted by Crippen LogP contribution is 2.19. The number of rotatable bonds is 5. The summed E-state index contributed by atoms with van der Waals surface area (Å²) in [7, 11) is 0. The van der Waals surface area contributed by atoms with E-state index >= 15 is 0 Å². The van der Waals surface area contributed by atoms with Crippen LogP contribution in [0.4, 0.5) is 0 Å². The average molecular weight is 289 g/mol. The van der Waals surface area contributed by atoms with Gasteiger partial charge in [-0.05, 0) is 31.7 Å². The molecule has 1 saturated carbocycles. The van der Waals surface area contributed by atoms with E-state index in [0.717, 1.165) is 32.3 Å². The summed E-state index contributed by atoms with van der Waals surface area (Å²) in [5.74, 6) is -0.391. The van der Waals surface area contributed by atoms with Crippen molar-refractivity contribution in [2.24, 2.45) is 0 Å². The third kappa shape index (κ3) is 3.78. The SMILES string of the molecule is O=C(NCC1CCCO1)c1cncc(C(=O)NC2CC2)c1. The molecule has 3 rings (SSSR count). The van der Waals surface area contributed by atoms with Crippen LogP contribution >= 0.6 is 0 Å². The number of aromatic nitrogens is 1. The van der Waals surface area contributed by atoms with Gasteiger partial charge in [-0.2, -0.15) is 0 Å². The third-order valence-corrected chi connectivity index (χ3v) is 3.69. The van der Waals surface area contributed by atoms with Gasteiger partial charge in [0, 0.05) is 31.6 Å². The van der Waals surface area contributed by atoms with E-state index in [2.05, 4.69) is 15.6 Å². The number of amides is 2. The van der Waals surface area contributed by atoms with Gasteiger partial charge in [-0.3, -0.25) is 14.6 Å². The molecule has 21 heavy (non-hydrogen) atoms. The van der Waals surface area contributed by atoms with E-state index in [1.54, 1.807) is 6.07 Å². The monoisotopic (exact) mass is 289 g/mol. The minimum Gasteiger partial charge on any atom is -0.376 e. The Bertz CT molecular complexity index is 537. The standard InChI is InChI=1S/C15H19N3O3/c19-14(17-9-13-2-1-5-21-13)10-6-11(8-16-7-10)15(20)18-12-3-4-12/h6-8,12-13H,1-5,9H2,(H,17,19)(H,18,20). The molecule has 0 aromatic carbocycles. The first-order chi connectivity index (χ1) is 10.2. The van der Waals surface area contributed by atoms with Gasteiger partial charge in [0.2, 0.25) is 0 Å². The smallest absolute Gasteiger partial charge is 0.253 e. The second kappa shape index (κ2) is 6.22. The van der Waals surface area contributed by atoms with Crippen molar-refractivity contribution in [2.75, 3.05) is 13.2 Å². The minimum absolute atomic E-state index is 0.100. The molecule has 2 fully saturated rings. The first kappa shape index (κ1) is 14.0. The first-order valence-electron chi connectivity index (χ1n) is 7.38. The molecule has 1 aliphatic carbocycles. The van der Waals surface area contributed by atoms with Crippen molar-refractivity contribution in [3.05, 3.63) is 29.6 Å². The number of nitrogens with one attached hydrogen (secondary N) is 2. The third-order valence-electron chi connectivity index (χ3n) is 3.69. The molecule has 0 spiro atoms. The van der Waals surface area contributed by atoms with Crippen LogP contribution in [0, 0.1) is 0 Å². The van der Waals surface area contributed by atoms with Gasteiger partial charge in [-0.15, -0.1) is 0 Å². The highest BCUT2D eigenvalue weighted by molar-refractivity contribution is 5.99. The van der Waals surface area contributed by atoms with Crippen molar-refractivity contribution in [3.8, 4) is 0 Å². The van der Waals surface area contributed by atoms with Crippen molar-refractivity contribution in [3.63, 3.8) is 0 Å². The van der Waals surface area contributed by atoms with Crippen molar-refractivity contribution >= 4 is 11.8 Å². The first-order valence-corrected chi connectivity index (χ1v) is 7.38. The molecule has 1 saturated heterocycles. The van der Waals surface area contributed by atoms with Crippen LogP contribution in [0.15, 0.2) is 18.5 Å². The molecule has 1 aromatic heterocycles. The lowest BCUT2D eigenvalue weighted by molar-refractivity contribution is 0.0857. The second-order valence-electron chi connectivity index (χ2n) is 5.56. The summed E-state index contributed by atoms with van der Waals surface area (Å²) in [5, 5.41) is 5.71. The van der Waals surface area contributed by atoms with Crippen LogP contribution in [0.5, 0.6) is 0 Å². The number of carbonyl (C=O) groups excluding carboxylic acids is 2. The van der Waals surface area contributed by atoms with Gasteiger partial charge in [0.05, 0.1) is 17.2 Å². The summed E-state index contributed by atoms with van der Waals surface area (Å²) >= 11 is 0. The van der Waals surface area contributed by atoms with E-state index in [4.69, 9.17) is 4.74 Å². The molecule has 1 aliphatic heterocycles. The van der Waals surface area contributed by atoms with E-state index < -0.39 is 0 Å². The summed E-state index contributed by atoms with van der Waals surface area (Å²) < 4.78 is 5.46. The lowest BCUT2D eigenvalue weighted by Gasteiger charge is -2.11. The number of pyridine rings is 1. The van der Waals surface area contributed by atoms with E-state index in [9.17, 15) is 9.59 Å². The lowest BCUT2D eigenvalue weighted by Crippen LogP contribution is -2.32. The molecular weight excluding hydrogens is 270 g/mol. The van der Waals surface area contributed by atoms with Crippen LogP contribution in [0.1, 0.15) is 46.4 Å².